The Bertz CT molecular complexity index is 1720. The summed E-state index contributed by atoms with van der Waals surface area (Å²) in [5, 5.41) is 18.6. The number of nitrogens with one attached hydrogen (secondary N) is 4. The lowest BCUT2D eigenvalue weighted by molar-refractivity contribution is -0.138. The number of piperidine rings is 1. The molecular formula is C35H48F2N8O5S. The summed E-state index contributed by atoms with van der Waals surface area (Å²) in [5.74, 6) is -0.857. The average Bonchev–Trinajstić information content (AvgIpc) is 3.67. The highest BCUT2D eigenvalue weighted by Crippen LogP contribution is 2.28. The van der Waals surface area contributed by atoms with E-state index in [-0.39, 0.29) is 70.2 Å². The van der Waals surface area contributed by atoms with Crippen LogP contribution in [0.4, 0.5) is 18.8 Å². The standard InChI is InChI=1S/C30H38F2N8O3S.C5H10O2/c1-30(2,3)43-29(42)39-11-9-18(10-12-39)36-23-13-17(31)5-8-21(23)25(33)24-15-35-27-26(38-24)22(16-40(27)44-32)28(41)37-20-7-6-19(14-20)34-4;1-5(2,3)7-4-6/h5,8,13,15-16,18-20,33-34,36H,6-7,9-12,14H2,1-4H3,(H,37,41);4H,1-3H3. The van der Waals surface area contributed by atoms with Gasteiger partial charge in [0.2, 0.25) is 0 Å². The van der Waals surface area contributed by atoms with E-state index in [2.05, 4.69) is 30.7 Å². The van der Waals surface area contributed by atoms with Crippen molar-refractivity contribution < 1.29 is 32.1 Å². The van der Waals surface area contributed by atoms with Gasteiger partial charge in [0, 0.05) is 48.7 Å². The Morgan fingerprint density at radius 2 is 1.71 bits per heavy atom. The Kier molecular flexibility index (Phi) is 13.0. The molecule has 2 amide bonds. The van der Waals surface area contributed by atoms with Crippen LogP contribution in [0.5, 0.6) is 0 Å². The number of halogens is 2. The number of aromatic nitrogens is 3. The second kappa shape index (κ2) is 16.8. The molecule has 13 nitrogen and oxygen atoms in total. The van der Waals surface area contributed by atoms with Crippen LogP contribution in [0.1, 0.15) is 95.3 Å². The molecule has 278 valence electrons. The molecule has 1 saturated carbocycles. The third-order valence-corrected chi connectivity index (χ3v) is 8.80. The van der Waals surface area contributed by atoms with Crippen molar-refractivity contribution in [2.75, 3.05) is 25.5 Å². The average molecular weight is 731 g/mol. The minimum Gasteiger partial charge on any atom is -0.462 e. The number of anilines is 1. The van der Waals surface area contributed by atoms with Crippen LogP contribution in [0.15, 0.2) is 30.6 Å². The number of likely N-dealkylation sites (tertiary alicyclic amines) is 1. The summed E-state index contributed by atoms with van der Waals surface area (Å²) in [6.07, 6.45) is 6.13. The number of carbonyl (C=O) groups is 3. The Morgan fingerprint density at radius 1 is 1.02 bits per heavy atom. The Hall–Kier alpha value is -4.31. The molecule has 3 heterocycles. The molecule has 3 aromatic rings. The molecular weight excluding hydrogens is 682 g/mol. The zero-order chi connectivity index (χ0) is 37.5. The SMILES string of the molecule is CC(C)(C)OC=O.CNC1CCC(NC(=O)c2cn(SF)c3ncc(C(=N)c4ccc(F)cc4NC4CCN(C(=O)OC(C)(C)C)CC4)nc23)C1. The number of ether oxygens (including phenoxy) is 2. The van der Waals surface area contributed by atoms with Gasteiger partial charge >= 0.3 is 6.09 Å². The largest absolute Gasteiger partial charge is 0.462 e. The molecule has 4 N–H and O–H groups in total. The Morgan fingerprint density at radius 3 is 2.27 bits per heavy atom. The third kappa shape index (κ3) is 10.8. The molecule has 2 aromatic heterocycles. The maximum atomic E-state index is 14.4. The zero-order valence-corrected chi connectivity index (χ0v) is 31.0. The lowest BCUT2D eigenvalue weighted by atomic mass is 10.0. The van der Waals surface area contributed by atoms with Gasteiger partial charge in [-0.05, 0) is 98.9 Å². The first-order valence-corrected chi connectivity index (χ1v) is 17.6. The van der Waals surface area contributed by atoms with E-state index in [4.69, 9.17) is 10.1 Å². The molecule has 1 aliphatic heterocycles. The Labute approximate surface area is 301 Å². The van der Waals surface area contributed by atoms with Crippen molar-refractivity contribution in [2.45, 2.75) is 103 Å². The second-order valence-electron chi connectivity index (χ2n) is 14.6. The summed E-state index contributed by atoms with van der Waals surface area (Å²) in [6.45, 7) is 12.3. The molecule has 16 heteroatoms. The van der Waals surface area contributed by atoms with Gasteiger partial charge in [-0.1, -0.05) is 0 Å². The molecule has 2 atom stereocenters. The fraction of sp³-hybridized carbons (Fsp3) is 0.543. The third-order valence-electron chi connectivity index (χ3n) is 8.37. The molecule has 2 fully saturated rings. The van der Waals surface area contributed by atoms with E-state index in [0.717, 1.165) is 23.2 Å². The van der Waals surface area contributed by atoms with Crippen LogP contribution >= 0.6 is 12.3 Å². The summed E-state index contributed by atoms with van der Waals surface area (Å²) in [7, 11) is 1.89. The highest BCUT2D eigenvalue weighted by molar-refractivity contribution is 7.92. The van der Waals surface area contributed by atoms with E-state index in [1.165, 1.54) is 30.6 Å². The minimum absolute atomic E-state index is 0.0188. The smallest absolute Gasteiger partial charge is 0.410 e. The fourth-order valence-electron chi connectivity index (χ4n) is 5.83. The molecule has 1 saturated heterocycles. The van der Waals surface area contributed by atoms with Gasteiger partial charge in [0.15, 0.2) is 18.0 Å². The molecule has 1 aromatic carbocycles. The van der Waals surface area contributed by atoms with Crippen LogP contribution in [0.3, 0.4) is 0 Å². The van der Waals surface area contributed by atoms with Crippen LogP contribution in [0, 0.1) is 11.2 Å². The van der Waals surface area contributed by atoms with Gasteiger partial charge in [-0.15, -0.1) is 3.89 Å². The van der Waals surface area contributed by atoms with Gasteiger partial charge in [0.25, 0.3) is 12.4 Å². The quantitative estimate of drug-likeness (QED) is 0.152. The predicted molar refractivity (Wildman–Crippen MR) is 193 cm³/mol. The lowest BCUT2D eigenvalue weighted by Crippen LogP contribution is -2.44. The first kappa shape index (κ1) is 39.5. The van der Waals surface area contributed by atoms with Crippen LogP contribution in [-0.2, 0) is 14.3 Å². The van der Waals surface area contributed by atoms with Crippen LogP contribution in [0.25, 0.3) is 11.2 Å². The summed E-state index contributed by atoms with van der Waals surface area (Å²) in [5.41, 5.74) is 0.505. The minimum atomic E-state index is -0.585. The van der Waals surface area contributed by atoms with Crippen molar-refractivity contribution in [3.05, 3.63) is 53.2 Å². The first-order valence-electron chi connectivity index (χ1n) is 16.9. The highest BCUT2D eigenvalue weighted by Gasteiger charge is 2.29. The summed E-state index contributed by atoms with van der Waals surface area (Å²) in [4.78, 5) is 45.9. The van der Waals surface area contributed by atoms with Crippen molar-refractivity contribution in [3.8, 4) is 0 Å². The van der Waals surface area contributed by atoms with E-state index in [1.807, 2.05) is 48.6 Å². The van der Waals surface area contributed by atoms with E-state index < -0.39 is 11.4 Å². The number of rotatable bonds is 9. The maximum Gasteiger partial charge on any atom is 0.410 e. The second-order valence-corrected chi connectivity index (χ2v) is 15.1. The molecule has 2 aliphatic rings. The summed E-state index contributed by atoms with van der Waals surface area (Å²) < 4.78 is 39.3. The fourth-order valence-corrected chi connectivity index (χ4v) is 6.17. The number of fused-ring (bicyclic) bond motifs is 1. The van der Waals surface area contributed by atoms with Gasteiger partial charge in [-0.3, -0.25) is 15.0 Å². The number of amides is 2. The van der Waals surface area contributed by atoms with Crippen molar-refractivity contribution in [3.63, 3.8) is 0 Å². The summed E-state index contributed by atoms with van der Waals surface area (Å²) in [6, 6.07) is 4.32. The van der Waals surface area contributed by atoms with Crippen LogP contribution in [-0.4, -0.2) is 92.5 Å². The van der Waals surface area contributed by atoms with Crippen molar-refractivity contribution in [1.82, 2.24) is 29.5 Å². The monoisotopic (exact) mass is 730 g/mol. The van der Waals surface area contributed by atoms with E-state index in [9.17, 15) is 22.7 Å². The molecule has 51 heavy (non-hydrogen) atoms. The molecule has 0 spiro atoms. The number of nitrogens with zero attached hydrogens (tertiary/aromatic N) is 4. The van der Waals surface area contributed by atoms with E-state index in [0.29, 0.717) is 49.7 Å². The first-order chi connectivity index (χ1) is 24.0. The van der Waals surface area contributed by atoms with E-state index in [1.54, 1.807) is 4.90 Å². The predicted octanol–water partition coefficient (Wildman–Crippen LogP) is 6.01. The highest BCUT2D eigenvalue weighted by atomic mass is 32.2. The topological polar surface area (TPSA) is 164 Å². The van der Waals surface area contributed by atoms with Gasteiger partial charge < -0.3 is 30.3 Å². The normalized spacial score (nSPS) is 18.1. The van der Waals surface area contributed by atoms with Gasteiger partial charge in [-0.25, -0.2) is 23.1 Å². The number of hydrogen-bond acceptors (Lipinski definition) is 11. The maximum absolute atomic E-state index is 14.4. The van der Waals surface area contributed by atoms with Crippen LogP contribution < -0.4 is 16.0 Å². The summed E-state index contributed by atoms with van der Waals surface area (Å²) >= 11 is -0.0918. The number of benzene rings is 1. The van der Waals surface area contributed by atoms with Crippen molar-refractivity contribution in [2.24, 2.45) is 0 Å². The van der Waals surface area contributed by atoms with Gasteiger partial charge in [0.05, 0.1) is 17.5 Å². The van der Waals surface area contributed by atoms with E-state index >= 15 is 0 Å². The van der Waals surface area contributed by atoms with Crippen LogP contribution in [0.2, 0.25) is 0 Å². The number of carbonyl (C=O) groups excluding carboxylic acids is 3. The van der Waals surface area contributed by atoms with Gasteiger partial charge in [0.1, 0.15) is 28.2 Å². The molecule has 2 unspecified atom stereocenters. The number of hydrogen-bond donors (Lipinski definition) is 4. The molecule has 0 bridgehead atoms. The molecule has 1 aliphatic carbocycles. The molecule has 5 rings (SSSR count). The Balaban J connectivity index is 0.000000755. The molecule has 0 radical (unpaired) electrons. The van der Waals surface area contributed by atoms with Crippen molar-refractivity contribution >= 4 is 53.4 Å². The van der Waals surface area contributed by atoms with Gasteiger partial charge in [-0.2, -0.15) is 0 Å². The zero-order valence-electron chi connectivity index (χ0n) is 30.1. The van der Waals surface area contributed by atoms with Crippen molar-refractivity contribution in [1.29, 1.82) is 5.41 Å². The lowest BCUT2D eigenvalue weighted by Gasteiger charge is -2.34.